The predicted octanol–water partition coefficient (Wildman–Crippen LogP) is 1.68. The standard InChI is InChI=1S/C12H13N3OS/c1-15-12(16)11(10(17)8-14-15)13-7-9-5-3-2-4-6-9/h2-6,8,13,17H,7H2,1H3. The van der Waals surface area contributed by atoms with Gasteiger partial charge in [-0.15, -0.1) is 12.6 Å². The fourth-order valence-corrected chi connectivity index (χ4v) is 1.71. The third-order valence-electron chi connectivity index (χ3n) is 2.43. The van der Waals surface area contributed by atoms with Crippen LogP contribution in [0.5, 0.6) is 0 Å². The average molecular weight is 247 g/mol. The van der Waals surface area contributed by atoms with Crippen LogP contribution in [0.3, 0.4) is 0 Å². The van der Waals surface area contributed by atoms with Gasteiger partial charge in [0.25, 0.3) is 5.56 Å². The molecule has 88 valence electrons. The van der Waals surface area contributed by atoms with E-state index in [1.54, 1.807) is 13.2 Å². The summed E-state index contributed by atoms with van der Waals surface area (Å²) in [6.45, 7) is 0.591. The van der Waals surface area contributed by atoms with Gasteiger partial charge in [-0.25, -0.2) is 4.68 Å². The molecule has 2 rings (SSSR count). The zero-order valence-corrected chi connectivity index (χ0v) is 10.3. The first kappa shape index (κ1) is 11.7. The number of benzene rings is 1. The number of hydrogen-bond donors (Lipinski definition) is 2. The van der Waals surface area contributed by atoms with E-state index in [9.17, 15) is 4.79 Å². The first-order chi connectivity index (χ1) is 8.18. The molecular weight excluding hydrogens is 234 g/mol. The van der Waals surface area contributed by atoms with E-state index in [1.807, 2.05) is 30.3 Å². The highest BCUT2D eigenvalue weighted by Gasteiger charge is 2.06. The largest absolute Gasteiger partial charge is 0.376 e. The second kappa shape index (κ2) is 5.05. The van der Waals surface area contributed by atoms with Crippen molar-refractivity contribution in [2.24, 2.45) is 7.05 Å². The summed E-state index contributed by atoms with van der Waals surface area (Å²) in [4.78, 5) is 12.4. The first-order valence-corrected chi connectivity index (χ1v) is 5.66. The summed E-state index contributed by atoms with van der Waals surface area (Å²) in [7, 11) is 1.61. The van der Waals surface area contributed by atoms with Crippen LogP contribution in [0.4, 0.5) is 5.69 Å². The molecule has 0 saturated heterocycles. The molecule has 0 saturated carbocycles. The maximum Gasteiger partial charge on any atom is 0.290 e. The number of thiol groups is 1. The third kappa shape index (κ3) is 2.68. The van der Waals surface area contributed by atoms with Crippen LogP contribution in [-0.4, -0.2) is 9.78 Å². The Kier molecular flexibility index (Phi) is 3.49. The van der Waals surface area contributed by atoms with Crippen LogP contribution >= 0.6 is 12.6 Å². The van der Waals surface area contributed by atoms with E-state index < -0.39 is 0 Å². The van der Waals surface area contributed by atoms with Crippen molar-refractivity contribution in [1.29, 1.82) is 0 Å². The Morgan fingerprint density at radius 3 is 2.76 bits per heavy atom. The van der Waals surface area contributed by atoms with Gasteiger partial charge >= 0.3 is 0 Å². The summed E-state index contributed by atoms with van der Waals surface area (Å²) in [5.41, 5.74) is 1.42. The van der Waals surface area contributed by atoms with Gasteiger partial charge in [0.05, 0.1) is 11.1 Å². The second-order valence-corrected chi connectivity index (χ2v) is 4.15. The van der Waals surface area contributed by atoms with Crippen molar-refractivity contribution in [3.05, 3.63) is 52.4 Å². The van der Waals surface area contributed by atoms with Crippen LogP contribution in [0.2, 0.25) is 0 Å². The van der Waals surface area contributed by atoms with E-state index in [0.29, 0.717) is 17.1 Å². The summed E-state index contributed by atoms with van der Waals surface area (Å²) in [5, 5.41) is 6.97. The highest BCUT2D eigenvalue weighted by atomic mass is 32.1. The smallest absolute Gasteiger partial charge is 0.290 e. The van der Waals surface area contributed by atoms with Gasteiger partial charge in [-0.05, 0) is 5.56 Å². The van der Waals surface area contributed by atoms with Gasteiger partial charge in [-0.2, -0.15) is 5.10 Å². The van der Waals surface area contributed by atoms with Gasteiger partial charge in [0.1, 0.15) is 5.69 Å². The lowest BCUT2D eigenvalue weighted by Gasteiger charge is -2.08. The lowest BCUT2D eigenvalue weighted by Crippen LogP contribution is -2.23. The van der Waals surface area contributed by atoms with Crippen LogP contribution in [0.15, 0.2) is 46.2 Å². The highest BCUT2D eigenvalue weighted by molar-refractivity contribution is 7.80. The second-order valence-electron chi connectivity index (χ2n) is 3.67. The number of rotatable bonds is 3. The molecule has 17 heavy (non-hydrogen) atoms. The van der Waals surface area contributed by atoms with Crippen LogP contribution in [-0.2, 0) is 13.6 Å². The Morgan fingerprint density at radius 1 is 1.35 bits per heavy atom. The molecular formula is C12H13N3OS. The lowest BCUT2D eigenvalue weighted by molar-refractivity contribution is 0.698. The Hall–Kier alpha value is -1.75. The molecule has 4 nitrogen and oxygen atoms in total. The van der Waals surface area contributed by atoms with Crippen molar-refractivity contribution in [2.75, 3.05) is 5.32 Å². The molecule has 0 bridgehead atoms. The van der Waals surface area contributed by atoms with Gasteiger partial charge in [0, 0.05) is 13.6 Å². The maximum atomic E-state index is 11.8. The van der Waals surface area contributed by atoms with Gasteiger partial charge in [0.2, 0.25) is 0 Å². The van der Waals surface area contributed by atoms with Crippen molar-refractivity contribution in [3.8, 4) is 0 Å². The number of nitrogens with one attached hydrogen (secondary N) is 1. The summed E-state index contributed by atoms with van der Waals surface area (Å²) < 4.78 is 1.28. The van der Waals surface area contributed by atoms with Gasteiger partial charge in [0.15, 0.2) is 0 Å². The summed E-state index contributed by atoms with van der Waals surface area (Å²) in [5.74, 6) is 0. The minimum Gasteiger partial charge on any atom is -0.376 e. The Morgan fingerprint density at radius 2 is 2.06 bits per heavy atom. The number of aryl methyl sites for hydroxylation is 1. The predicted molar refractivity (Wildman–Crippen MR) is 70.5 cm³/mol. The highest BCUT2D eigenvalue weighted by Crippen LogP contribution is 2.13. The van der Waals surface area contributed by atoms with Crippen molar-refractivity contribution >= 4 is 18.3 Å². The van der Waals surface area contributed by atoms with Gasteiger partial charge < -0.3 is 5.32 Å². The molecule has 1 heterocycles. The SMILES string of the molecule is Cn1ncc(S)c(NCc2ccccc2)c1=O. The monoisotopic (exact) mass is 247 g/mol. The average Bonchev–Trinajstić information content (AvgIpc) is 2.35. The van der Waals surface area contributed by atoms with E-state index in [4.69, 9.17) is 0 Å². The molecule has 0 aliphatic heterocycles. The van der Waals surface area contributed by atoms with E-state index >= 15 is 0 Å². The molecule has 0 fully saturated rings. The van der Waals surface area contributed by atoms with E-state index in [1.165, 1.54) is 4.68 Å². The minimum absolute atomic E-state index is 0.173. The lowest BCUT2D eigenvalue weighted by atomic mass is 10.2. The number of anilines is 1. The number of nitrogens with zero attached hydrogens (tertiary/aromatic N) is 2. The molecule has 5 heteroatoms. The van der Waals surface area contributed by atoms with Crippen molar-refractivity contribution in [3.63, 3.8) is 0 Å². The molecule has 0 radical (unpaired) electrons. The van der Waals surface area contributed by atoms with Crippen LogP contribution in [0.25, 0.3) is 0 Å². The number of hydrogen-bond acceptors (Lipinski definition) is 4. The van der Waals surface area contributed by atoms with Crippen molar-refractivity contribution in [2.45, 2.75) is 11.4 Å². The number of aromatic nitrogens is 2. The fourth-order valence-electron chi connectivity index (χ4n) is 1.48. The van der Waals surface area contributed by atoms with E-state index in [0.717, 1.165) is 5.56 Å². The topological polar surface area (TPSA) is 46.9 Å². The van der Waals surface area contributed by atoms with Crippen molar-refractivity contribution < 1.29 is 0 Å². The van der Waals surface area contributed by atoms with Gasteiger partial charge in [-0.1, -0.05) is 30.3 Å². The molecule has 0 unspecified atom stereocenters. The summed E-state index contributed by atoms with van der Waals surface area (Å²) >= 11 is 4.22. The Balaban J connectivity index is 2.20. The van der Waals surface area contributed by atoms with Crippen LogP contribution in [0, 0.1) is 0 Å². The molecule has 2 aromatic rings. The third-order valence-corrected chi connectivity index (χ3v) is 2.77. The maximum absolute atomic E-state index is 11.8. The summed E-state index contributed by atoms with van der Waals surface area (Å²) in [6, 6.07) is 9.87. The zero-order chi connectivity index (χ0) is 12.3. The zero-order valence-electron chi connectivity index (χ0n) is 9.42. The molecule has 0 aliphatic rings. The molecule has 0 aliphatic carbocycles. The molecule has 1 N–H and O–H groups in total. The van der Waals surface area contributed by atoms with Crippen LogP contribution < -0.4 is 10.9 Å². The summed E-state index contributed by atoms with van der Waals surface area (Å²) in [6.07, 6.45) is 1.55. The van der Waals surface area contributed by atoms with Crippen molar-refractivity contribution in [1.82, 2.24) is 9.78 Å². The van der Waals surface area contributed by atoms with Gasteiger partial charge in [-0.3, -0.25) is 4.79 Å². The van der Waals surface area contributed by atoms with Crippen LogP contribution in [0.1, 0.15) is 5.56 Å². The quantitative estimate of drug-likeness (QED) is 0.811. The molecule has 1 aromatic carbocycles. The minimum atomic E-state index is -0.173. The fraction of sp³-hybridized carbons (Fsp3) is 0.167. The molecule has 0 spiro atoms. The van der Waals surface area contributed by atoms with E-state index in [2.05, 4.69) is 23.0 Å². The molecule has 0 atom stereocenters. The normalized spacial score (nSPS) is 10.2. The van der Waals surface area contributed by atoms with E-state index in [-0.39, 0.29) is 5.56 Å². The molecule has 1 aromatic heterocycles. The Labute approximate surface area is 105 Å². The first-order valence-electron chi connectivity index (χ1n) is 5.21. The molecule has 0 amide bonds. The Bertz CT molecular complexity index is 566.